The van der Waals surface area contributed by atoms with Crippen molar-refractivity contribution in [1.29, 1.82) is 0 Å². The zero-order valence-corrected chi connectivity index (χ0v) is 17.9. The van der Waals surface area contributed by atoms with Gasteiger partial charge in [0.2, 0.25) is 10.0 Å². The second-order valence-corrected chi connectivity index (χ2v) is 9.55. The van der Waals surface area contributed by atoms with Crippen LogP contribution >= 0.6 is 23.2 Å². The van der Waals surface area contributed by atoms with Gasteiger partial charge in [-0.1, -0.05) is 29.3 Å². The molecule has 2 aromatic rings. The normalized spacial score (nSPS) is 11.9. The Morgan fingerprint density at radius 3 is 2.07 bits per heavy atom. The van der Waals surface area contributed by atoms with Crippen LogP contribution in [0.25, 0.3) is 0 Å². The Morgan fingerprint density at radius 1 is 1.00 bits per heavy atom. The van der Waals surface area contributed by atoms with Crippen molar-refractivity contribution in [2.45, 2.75) is 31.3 Å². The molecule has 0 aliphatic rings. The molecule has 0 heterocycles. The Bertz CT molecular complexity index is 926. The molecule has 0 aliphatic heterocycles. The number of rotatable bonds is 6. The predicted octanol–water partition coefficient (Wildman–Crippen LogP) is 4.29. The van der Waals surface area contributed by atoms with Crippen LogP contribution in [-0.4, -0.2) is 43.7 Å². The fourth-order valence-corrected chi connectivity index (χ4v) is 3.69. The van der Waals surface area contributed by atoms with Gasteiger partial charge >= 0.3 is 0 Å². The lowest BCUT2D eigenvalue weighted by molar-refractivity contribution is 0.0690. The van der Waals surface area contributed by atoms with Gasteiger partial charge in [-0.3, -0.25) is 4.79 Å². The highest BCUT2D eigenvalue weighted by Crippen LogP contribution is 2.24. The maximum Gasteiger partial charge on any atom is 0.254 e. The van der Waals surface area contributed by atoms with Crippen LogP contribution < -0.4 is 0 Å². The van der Waals surface area contributed by atoms with Crippen LogP contribution in [0.2, 0.25) is 10.0 Å². The van der Waals surface area contributed by atoms with Crippen molar-refractivity contribution in [2.75, 3.05) is 14.1 Å². The smallest absolute Gasteiger partial charge is 0.254 e. The van der Waals surface area contributed by atoms with Crippen LogP contribution in [0.4, 0.5) is 0 Å². The van der Waals surface area contributed by atoms with Crippen molar-refractivity contribution in [2.24, 2.45) is 0 Å². The van der Waals surface area contributed by atoms with E-state index in [4.69, 9.17) is 23.2 Å². The standard InChI is InChI=1S/C19H22Cl2N2O3S/c1-13(2)23(12-14-5-10-17(20)18(21)11-14)19(24)15-6-8-16(9-7-15)27(25,26)22(3)4/h5-11,13H,12H2,1-4H3. The minimum Gasteiger partial charge on any atom is -0.332 e. The van der Waals surface area contributed by atoms with Crippen molar-refractivity contribution < 1.29 is 13.2 Å². The summed E-state index contributed by atoms with van der Waals surface area (Å²) in [5, 5.41) is 0.893. The first kappa shape index (κ1) is 21.7. The van der Waals surface area contributed by atoms with E-state index in [1.807, 2.05) is 19.9 Å². The number of hydrogen-bond donors (Lipinski definition) is 0. The van der Waals surface area contributed by atoms with Crippen LogP contribution in [0.5, 0.6) is 0 Å². The van der Waals surface area contributed by atoms with E-state index < -0.39 is 10.0 Å². The molecule has 0 spiro atoms. The van der Waals surface area contributed by atoms with Gasteiger partial charge in [0.15, 0.2) is 0 Å². The molecular weight excluding hydrogens is 407 g/mol. The molecule has 0 aliphatic carbocycles. The summed E-state index contributed by atoms with van der Waals surface area (Å²) >= 11 is 12.0. The summed E-state index contributed by atoms with van der Waals surface area (Å²) < 4.78 is 25.5. The Balaban J connectivity index is 2.27. The minimum atomic E-state index is -3.53. The van der Waals surface area contributed by atoms with Crippen molar-refractivity contribution >= 4 is 39.1 Å². The van der Waals surface area contributed by atoms with Gasteiger partial charge in [-0.2, -0.15) is 0 Å². The molecule has 5 nitrogen and oxygen atoms in total. The molecule has 0 N–H and O–H groups in total. The van der Waals surface area contributed by atoms with Gasteiger partial charge < -0.3 is 4.90 Å². The van der Waals surface area contributed by atoms with E-state index >= 15 is 0 Å². The first-order valence-electron chi connectivity index (χ1n) is 8.31. The molecular formula is C19H22Cl2N2O3S. The third-order valence-electron chi connectivity index (χ3n) is 4.10. The zero-order valence-electron chi connectivity index (χ0n) is 15.6. The summed E-state index contributed by atoms with van der Waals surface area (Å²) in [5.74, 6) is -0.190. The van der Waals surface area contributed by atoms with Crippen LogP contribution in [0.3, 0.4) is 0 Å². The van der Waals surface area contributed by atoms with Crippen molar-refractivity contribution in [3.63, 3.8) is 0 Å². The van der Waals surface area contributed by atoms with E-state index in [0.29, 0.717) is 22.2 Å². The van der Waals surface area contributed by atoms with E-state index in [1.165, 1.54) is 38.4 Å². The monoisotopic (exact) mass is 428 g/mol. The fourth-order valence-electron chi connectivity index (χ4n) is 2.47. The Labute approximate surface area is 170 Å². The summed E-state index contributed by atoms with van der Waals surface area (Å²) in [5.41, 5.74) is 1.28. The lowest BCUT2D eigenvalue weighted by Gasteiger charge is -2.27. The van der Waals surface area contributed by atoms with Crippen molar-refractivity contribution in [3.05, 3.63) is 63.6 Å². The fraction of sp³-hybridized carbons (Fsp3) is 0.316. The van der Waals surface area contributed by atoms with Crippen molar-refractivity contribution in [3.8, 4) is 0 Å². The molecule has 2 rings (SSSR count). The Morgan fingerprint density at radius 2 is 1.59 bits per heavy atom. The minimum absolute atomic E-state index is 0.0582. The molecule has 0 aromatic heterocycles. The highest BCUT2D eigenvalue weighted by atomic mass is 35.5. The average molecular weight is 429 g/mol. The second-order valence-electron chi connectivity index (χ2n) is 6.59. The van der Waals surface area contributed by atoms with Gasteiger partial charge in [0, 0.05) is 32.2 Å². The highest BCUT2D eigenvalue weighted by molar-refractivity contribution is 7.89. The van der Waals surface area contributed by atoms with Gasteiger partial charge in [-0.25, -0.2) is 12.7 Å². The maximum atomic E-state index is 12.9. The summed E-state index contributed by atoms with van der Waals surface area (Å²) in [6, 6.07) is 11.1. The van der Waals surface area contributed by atoms with E-state index in [9.17, 15) is 13.2 Å². The average Bonchev–Trinajstić information content (AvgIpc) is 2.61. The molecule has 0 unspecified atom stereocenters. The third kappa shape index (κ3) is 5.02. The third-order valence-corrected chi connectivity index (χ3v) is 6.67. The number of nitrogens with zero attached hydrogens (tertiary/aromatic N) is 2. The SMILES string of the molecule is CC(C)N(Cc1ccc(Cl)c(Cl)c1)C(=O)c1ccc(S(=O)(=O)N(C)C)cc1. The van der Waals surface area contributed by atoms with Crippen LogP contribution in [0, 0.1) is 0 Å². The number of benzene rings is 2. The molecule has 146 valence electrons. The second kappa shape index (κ2) is 8.61. The molecule has 1 amide bonds. The van der Waals surface area contributed by atoms with E-state index in [2.05, 4.69) is 0 Å². The topological polar surface area (TPSA) is 57.7 Å². The maximum absolute atomic E-state index is 12.9. The molecule has 0 fully saturated rings. The summed E-state index contributed by atoms with van der Waals surface area (Å²) in [6.07, 6.45) is 0. The molecule has 2 aromatic carbocycles. The van der Waals surface area contributed by atoms with E-state index in [1.54, 1.807) is 17.0 Å². The quantitative estimate of drug-likeness (QED) is 0.688. The molecule has 0 atom stereocenters. The molecule has 0 saturated heterocycles. The Kier molecular flexibility index (Phi) is 6.92. The largest absolute Gasteiger partial charge is 0.332 e. The number of hydrogen-bond acceptors (Lipinski definition) is 3. The number of carbonyl (C=O) groups excluding carboxylic acids is 1. The first-order chi connectivity index (χ1) is 12.5. The van der Waals surface area contributed by atoms with Crippen LogP contribution in [0.15, 0.2) is 47.4 Å². The molecule has 0 radical (unpaired) electrons. The number of carbonyl (C=O) groups is 1. The van der Waals surface area contributed by atoms with Gasteiger partial charge in [0.25, 0.3) is 5.91 Å². The first-order valence-corrected chi connectivity index (χ1v) is 10.5. The zero-order chi connectivity index (χ0) is 20.4. The lowest BCUT2D eigenvalue weighted by atomic mass is 10.1. The summed E-state index contributed by atoms with van der Waals surface area (Å²) in [4.78, 5) is 14.8. The van der Waals surface area contributed by atoms with E-state index in [-0.39, 0.29) is 16.8 Å². The number of sulfonamides is 1. The van der Waals surface area contributed by atoms with Gasteiger partial charge in [-0.15, -0.1) is 0 Å². The summed E-state index contributed by atoms with van der Waals surface area (Å²) in [6.45, 7) is 4.20. The van der Waals surface area contributed by atoms with E-state index in [0.717, 1.165) is 9.87 Å². The molecule has 27 heavy (non-hydrogen) atoms. The molecule has 8 heteroatoms. The highest BCUT2D eigenvalue weighted by Gasteiger charge is 2.21. The molecule has 0 bridgehead atoms. The Hall–Kier alpha value is -1.60. The predicted molar refractivity (Wildman–Crippen MR) is 109 cm³/mol. The summed E-state index contributed by atoms with van der Waals surface area (Å²) in [7, 11) is -0.603. The molecule has 0 saturated carbocycles. The number of amides is 1. The van der Waals surface area contributed by atoms with Crippen LogP contribution in [0.1, 0.15) is 29.8 Å². The lowest BCUT2D eigenvalue weighted by Crippen LogP contribution is -2.36. The number of halogens is 2. The van der Waals surface area contributed by atoms with Gasteiger partial charge in [0.05, 0.1) is 14.9 Å². The van der Waals surface area contributed by atoms with Crippen molar-refractivity contribution in [1.82, 2.24) is 9.21 Å². The van der Waals surface area contributed by atoms with Gasteiger partial charge in [-0.05, 0) is 55.8 Å². The van der Waals surface area contributed by atoms with Crippen LogP contribution in [-0.2, 0) is 16.6 Å². The van der Waals surface area contributed by atoms with Gasteiger partial charge in [0.1, 0.15) is 0 Å².